The second-order valence-electron chi connectivity index (χ2n) is 5.45. The van der Waals surface area contributed by atoms with Crippen molar-refractivity contribution < 1.29 is 27.6 Å². The Bertz CT molecular complexity index is 668. The molecule has 1 unspecified atom stereocenters. The fourth-order valence-corrected chi connectivity index (χ4v) is 2.16. The van der Waals surface area contributed by atoms with E-state index in [1.807, 2.05) is 0 Å². The van der Waals surface area contributed by atoms with Crippen LogP contribution in [0.2, 0.25) is 0 Å². The van der Waals surface area contributed by atoms with Crippen LogP contribution in [0.25, 0.3) is 0 Å². The molecule has 0 spiro atoms. The van der Waals surface area contributed by atoms with Crippen molar-refractivity contribution in [1.82, 2.24) is 10.2 Å². The van der Waals surface area contributed by atoms with Crippen LogP contribution in [-0.2, 0) is 14.4 Å². The first-order chi connectivity index (χ1) is 11.7. The number of amides is 3. The van der Waals surface area contributed by atoms with Crippen molar-refractivity contribution in [3.63, 3.8) is 0 Å². The largest absolute Gasteiger partial charge is 0.345 e. The van der Waals surface area contributed by atoms with E-state index in [9.17, 15) is 27.6 Å². The molecule has 0 bridgehead atoms. The van der Waals surface area contributed by atoms with Crippen LogP contribution in [0, 0.1) is 17.5 Å². The molecule has 0 heterocycles. The van der Waals surface area contributed by atoms with Gasteiger partial charge in [-0.15, -0.1) is 0 Å². The lowest BCUT2D eigenvalue weighted by Gasteiger charge is -2.25. The Morgan fingerprint density at radius 1 is 1.16 bits per heavy atom. The third-order valence-electron chi connectivity index (χ3n) is 3.24. The van der Waals surface area contributed by atoms with Gasteiger partial charge in [-0.05, 0) is 25.5 Å². The number of carbonyl (C=O) groups is 3. The van der Waals surface area contributed by atoms with Gasteiger partial charge in [0.25, 0.3) is 0 Å². The first-order valence-electron chi connectivity index (χ1n) is 7.66. The molecule has 0 aliphatic carbocycles. The molecule has 1 rings (SSSR count). The maximum absolute atomic E-state index is 13.6. The highest BCUT2D eigenvalue weighted by Crippen LogP contribution is 2.19. The van der Waals surface area contributed by atoms with Crippen molar-refractivity contribution >= 4 is 23.4 Å². The van der Waals surface area contributed by atoms with Crippen molar-refractivity contribution in [2.24, 2.45) is 0 Å². The molecule has 1 atom stereocenters. The Labute approximate surface area is 143 Å². The number of hydrogen-bond donors (Lipinski definition) is 2. The van der Waals surface area contributed by atoms with Crippen LogP contribution in [-0.4, -0.2) is 41.8 Å². The van der Waals surface area contributed by atoms with Crippen molar-refractivity contribution in [3.05, 3.63) is 29.6 Å². The van der Waals surface area contributed by atoms with Gasteiger partial charge in [0.05, 0.1) is 12.2 Å². The summed E-state index contributed by atoms with van der Waals surface area (Å²) in [4.78, 5) is 36.5. The van der Waals surface area contributed by atoms with Crippen molar-refractivity contribution in [1.29, 1.82) is 0 Å². The average Bonchev–Trinajstić information content (AvgIpc) is 2.53. The molecule has 0 aliphatic heterocycles. The first kappa shape index (κ1) is 20.5. The van der Waals surface area contributed by atoms with Gasteiger partial charge in [-0.2, -0.15) is 0 Å². The minimum Gasteiger partial charge on any atom is -0.345 e. The van der Waals surface area contributed by atoms with Gasteiger partial charge < -0.3 is 15.5 Å². The molecular weight excluding hydrogens is 339 g/mol. The van der Waals surface area contributed by atoms with E-state index in [0.717, 1.165) is 6.07 Å². The van der Waals surface area contributed by atoms with Crippen molar-refractivity contribution in [3.8, 4) is 0 Å². The topological polar surface area (TPSA) is 78.5 Å². The lowest BCUT2D eigenvalue weighted by Crippen LogP contribution is -2.48. The molecule has 9 heteroatoms. The summed E-state index contributed by atoms with van der Waals surface area (Å²) in [6.45, 7) is 4.33. The molecule has 0 saturated carbocycles. The molecule has 0 aliphatic rings. The zero-order valence-corrected chi connectivity index (χ0v) is 14.2. The Kier molecular flexibility index (Phi) is 7.41. The zero-order chi connectivity index (χ0) is 19.1. The summed E-state index contributed by atoms with van der Waals surface area (Å²) in [6, 6.07) is 0.733. The fraction of sp³-hybridized carbons (Fsp3) is 0.438. The Morgan fingerprint density at radius 3 is 2.36 bits per heavy atom. The summed E-state index contributed by atoms with van der Waals surface area (Å²) < 4.78 is 39.6. The predicted octanol–water partition coefficient (Wildman–Crippen LogP) is 1.81. The summed E-state index contributed by atoms with van der Waals surface area (Å²) in [5.74, 6) is -6.25. The van der Waals surface area contributed by atoms with Gasteiger partial charge in [-0.25, -0.2) is 13.2 Å². The van der Waals surface area contributed by atoms with Gasteiger partial charge in [0, 0.05) is 13.5 Å². The van der Waals surface area contributed by atoms with E-state index in [4.69, 9.17) is 0 Å². The number of anilines is 1. The van der Waals surface area contributed by atoms with Crippen LogP contribution in [0.1, 0.15) is 27.2 Å². The van der Waals surface area contributed by atoms with Crippen LogP contribution in [0.3, 0.4) is 0 Å². The second kappa shape index (κ2) is 9.05. The van der Waals surface area contributed by atoms with E-state index in [1.54, 1.807) is 6.92 Å². The lowest BCUT2D eigenvalue weighted by molar-refractivity contribution is -0.137. The molecule has 1 aromatic rings. The maximum atomic E-state index is 13.6. The third-order valence-corrected chi connectivity index (χ3v) is 3.24. The minimum absolute atomic E-state index is 0.233. The van der Waals surface area contributed by atoms with Gasteiger partial charge in [0.15, 0.2) is 17.5 Å². The van der Waals surface area contributed by atoms with Crippen LogP contribution in [0.4, 0.5) is 18.9 Å². The highest BCUT2D eigenvalue weighted by atomic mass is 19.2. The van der Waals surface area contributed by atoms with E-state index in [2.05, 4.69) is 10.6 Å². The summed E-state index contributed by atoms with van der Waals surface area (Å²) >= 11 is 0. The van der Waals surface area contributed by atoms with Crippen LogP contribution in [0.15, 0.2) is 12.1 Å². The Morgan fingerprint density at radius 2 is 1.80 bits per heavy atom. The standard InChI is InChI=1S/C16H20F3N3O3/c1-4-7-22(16(25)9(2)20-10(3)23)8-13(24)21-12-6-5-11(17)14(18)15(12)19/h5-6,9H,4,7-8H2,1-3H3,(H,20,23)(H,21,24). The zero-order valence-electron chi connectivity index (χ0n) is 14.2. The monoisotopic (exact) mass is 359 g/mol. The molecule has 2 N–H and O–H groups in total. The molecule has 6 nitrogen and oxygen atoms in total. The normalized spacial score (nSPS) is 11.6. The van der Waals surface area contributed by atoms with E-state index in [0.29, 0.717) is 12.5 Å². The fourth-order valence-electron chi connectivity index (χ4n) is 2.16. The molecule has 0 radical (unpaired) electrons. The molecule has 138 valence electrons. The van der Waals surface area contributed by atoms with Gasteiger partial charge in [-0.1, -0.05) is 6.92 Å². The van der Waals surface area contributed by atoms with Crippen molar-refractivity contribution in [2.75, 3.05) is 18.4 Å². The highest BCUT2D eigenvalue weighted by Gasteiger charge is 2.23. The smallest absolute Gasteiger partial charge is 0.245 e. The van der Waals surface area contributed by atoms with E-state index >= 15 is 0 Å². The number of halogens is 3. The van der Waals surface area contributed by atoms with Gasteiger partial charge in [-0.3, -0.25) is 14.4 Å². The SMILES string of the molecule is CCCN(CC(=O)Nc1ccc(F)c(F)c1F)C(=O)C(C)NC(C)=O. The van der Waals surface area contributed by atoms with E-state index in [-0.39, 0.29) is 6.54 Å². The van der Waals surface area contributed by atoms with E-state index in [1.165, 1.54) is 18.7 Å². The highest BCUT2D eigenvalue weighted by molar-refractivity contribution is 5.96. The van der Waals surface area contributed by atoms with E-state index < -0.39 is 53.4 Å². The molecule has 3 amide bonds. The predicted molar refractivity (Wildman–Crippen MR) is 85.1 cm³/mol. The molecule has 0 fully saturated rings. The van der Waals surface area contributed by atoms with Gasteiger partial charge >= 0.3 is 0 Å². The average molecular weight is 359 g/mol. The first-order valence-corrected chi connectivity index (χ1v) is 7.66. The summed E-state index contributed by atoms with van der Waals surface area (Å²) in [6.07, 6.45) is 0.547. The van der Waals surface area contributed by atoms with Crippen LogP contribution in [0.5, 0.6) is 0 Å². The van der Waals surface area contributed by atoms with Crippen molar-refractivity contribution in [2.45, 2.75) is 33.2 Å². The summed E-state index contributed by atoms with van der Waals surface area (Å²) in [7, 11) is 0. The summed E-state index contributed by atoms with van der Waals surface area (Å²) in [5.41, 5.74) is -0.525. The molecule has 0 aromatic heterocycles. The number of nitrogens with one attached hydrogen (secondary N) is 2. The second-order valence-corrected chi connectivity index (χ2v) is 5.45. The number of rotatable bonds is 7. The summed E-state index contributed by atoms with van der Waals surface area (Å²) in [5, 5.41) is 4.51. The number of benzene rings is 1. The molecule has 25 heavy (non-hydrogen) atoms. The quantitative estimate of drug-likeness (QED) is 0.729. The number of nitrogens with zero attached hydrogens (tertiary/aromatic N) is 1. The van der Waals surface area contributed by atoms with Crippen LogP contribution < -0.4 is 10.6 Å². The number of hydrogen-bond acceptors (Lipinski definition) is 3. The third kappa shape index (κ3) is 5.77. The van der Waals surface area contributed by atoms with Gasteiger partial charge in [0.1, 0.15) is 6.04 Å². The lowest BCUT2D eigenvalue weighted by atomic mass is 10.2. The Balaban J connectivity index is 2.81. The maximum Gasteiger partial charge on any atom is 0.245 e. The molecule has 0 saturated heterocycles. The molecular formula is C16H20F3N3O3. The Hall–Kier alpha value is -2.58. The van der Waals surface area contributed by atoms with Crippen LogP contribution >= 0.6 is 0 Å². The number of carbonyl (C=O) groups excluding carboxylic acids is 3. The molecule has 1 aromatic carbocycles. The minimum atomic E-state index is -1.70. The van der Waals surface area contributed by atoms with Gasteiger partial charge in [0.2, 0.25) is 17.7 Å².